The van der Waals surface area contributed by atoms with Gasteiger partial charge in [-0.05, 0) is 25.1 Å². The van der Waals surface area contributed by atoms with Crippen molar-refractivity contribution in [1.82, 2.24) is 4.90 Å². The summed E-state index contributed by atoms with van der Waals surface area (Å²) in [7, 11) is 1.50. The Morgan fingerprint density at radius 1 is 1.12 bits per heavy atom. The number of anilines is 1. The largest absolute Gasteiger partial charge is 0.496 e. The van der Waals surface area contributed by atoms with Crippen molar-refractivity contribution in [3.8, 4) is 5.75 Å². The molecular formula is C19H16F2N2O3. The molecule has 2 amide bonds. The van der Waals surface area contributed by atoms with Crippen LogP contribution >= 0.6 is 0 Å². The van der Waals surface area contributed by atoms with Crippen molar-refractivity contribution in [3.63, 3.8) is 0 Å². The van der Waals surface area contributed by atoms with Crippen LogP contribution in [0.4, 0.5) is 14.5 Å². The summed E-state index contributed by atoms with van der Waals surface area (Å²) in [5.41, 5.74) is 0.555. The van der Waals surface area contributed by atoms with Gasteiger partial charge in [0.25, 0.3) is 11.8 Å². The molecule has 0 spiro atoms. The average Bonchev–Trinajstić information content (AvgIpc) is 2.87. The Kier molecular flexibility index (Phi) is 4.71. The van der Waals surface area contributed by atoms with Gasteiger partial charge in [0.2, 0.25) is 0 Å². The second-order valence-electron chi connectivity index (χ2n) is 5.79. The quantitative estimate of drug-likeness (QED) is 0.835. The predicted molar refractivity (Wildman–Crippen MR) is 91.4 cm³/mol. The lowest BCUT2D eigenvalue weighted by atomic mass is 10.2. The molecule has 7 heteroatoms. The lowest BCUT2D eigenvalue weighted by Crippen LogP contribution is -2.31. The number of nitrogens with zero attached hydrogens (tertiary/aromatic N) is 1. The number of carbonyl (C=O) groups is 2. The SMILES string of the molecule is COc1ccccc1CN1C(=O)C=C(Nc2cc(F)c(C)c(F)c2)C1=O. The van der Waals surface area contributed by atoms with Gasteiger partial charge in [0, 0.05) is 22.9 Å². The summed E-state index contributed by atoms with van der Waals surface area (Å²) in [6, 6.07) is 9.16. The Morgan fingerprint density at radius 2 is 1.77 bits per heavy atom. The molecule has 0 saturated heterocycles. The van der Waals surface area contributed by atoms with E-state index in [2.05, 4.69) is 5.32 Å². The lowest BCUT2D eigenvalue weighted by molar-refractivity contribution is -0.137. The Hall–Kier alpha value is -3.22. The van der Waals surface area contributed by atoms with Crippen molar-refractivity contribution in [3.05, 3.63) is 70.9 Å². The van der Waals surface area contributed by atoms with Gasteiger partial charge in [-0.25, -0.2) is 8.78 Å². The number of carbonyl (C=O) groups excluding carboxylic acids is 2. The van der Waals surface area contributed by atoms with Crippen LogP contribution in [0.15, 0.2) is 48.2 Å². The van der Waals surface area contributed by atoms with E-state index >= 15 is 0 Å². The summed E-state index contributed by atoms with van der Waals surface area (Å²) in [4.78, 5) is 25.7. The minimum absolute atomic E-state index is 0.0278. The molecule has 2 aromatic carbocycles. The maximum absolute atomic E-state index is 13.7. The third-order valence-electron chi connectivity index (χ3n) is 4.09. The predicted octanol–water partition coefficient (Wildman–Crippen LogP) is 3.15. The molecule has 3 rings (SSSR count). The average molecular weight is 358 g/mol. The van der Waals surface area contributed by atoms with Gasteiger partial charge in [0.15, 0.2) is 0 Å². The number of nitrogens with one attached hydrogen (secondary N) is 1. The first kappa shape index (κ1) is 17.6. The lowest BCUT2D eigenvalue weighted by Gasteiger charge is -2.17. The van der Waals surface area contributed by atoms with E-state index in [4.69, 9.17) is 4.74 Å². The molecule has 0 atom stereocenters. The number of para-hydroxylation sites is 1. The maximum Gasteiger partial charge on any atom is 0.277 e. The van der Waals surface area contributed by atoms with Crippen molar-refractivity contribution in [1.29, 1.82) is 0 Å². The fourth-order valence-electron chi connectivity index (χ4n) is 2.62. The molecule has 1 N–H and O–H groups in total. The molecular weight excluding hydrogens is 342 g/mol. The number of benzene rings is 2. The van der Waals surface area contributed by atoms with E-state index in [0.29, 0.717) is 11.3 Å². The van der Waals surface area contributed by atoms with E-state index in [9.17, 15) is 18.4 Å². The number of hydrogen-bond acceptors (Lipinski definition) is 4. The number of hydrogen-bond donors (Lipinski definition) is 1. The second kappa shape index (κ2) is 6.95. The first-order chi connectivity index (χ1) is 12.4. The van der Waals surface area contributed by atoms with Crippen LogP contribution in [0.1, 0.15) is 11.1 Å². The number of rotatable bonds is 5. The minimum Gasteiger partial charge on any atom is -0.496 e. The maximum atomic E-state index is 13.7. The summed E-state index contributed by atoms with van der Waals surface area (Å²) in [6.07, 6.45) is 1.10. The van der Waals surface area contributed by atoms with Crippen LogP contribution in [0.25, 0.3) is 0 Å². The molecule has 0 radical (unpaired) electrons. The molecule has 0 fully saturated rings. The zero-order valence-corrected chi connectivity index (χ0v) is 14.2. The fourth-order valence-corrected chi connectivity index (χ4v) is 2.62. The van der Waals surface area contributed by atoms with Gasteiger partial charge in [-0.2, -0.15) is 0 Å². The van der Waals surface area contributed by atoms with E-state index in [1.807, 2.05) is 0 Å². The Morgan fingerprint density at radius 3 is 2.42 bits per heavy atom. The van der Waals surface area contributed by atoms with Gasteiger partial charge in [-0.3, -0.25) is 14.5 Å². The molecule has 0 aliphatic carbocycles. The third-order valence-corrected chi connectivity index (χ3v) is 4.09. The summed E-state index contributed by atoms with van der Waals surface area (Å²) < 4.78 is 32.5. The molecule has 1 aliphatic heterocycles. The van der Waals surface area contributed by atoms with E-state index in [1.54, 1.807) is 24.3 Å². The van der Waals surface area contributed by atoms with Gasteiger partial charge in [-0.1, -0.05) is 18.2 Å². The topological polar surface area (TPSA) is 58.6 Å². The van der Waals surface area contributed by atoms with E-state index in [-0.39, 0.29) is 23.5 Å². The van der Waals surface area contributed by atoms with Gasteiger partial charge < -0.3 is 10.1 Å². The van der Waals surface area contributed by atoms with Crippen LogP contribution in [-0.2, 0) is 16.1 Å². The Bertz CT molecular complexity index is 902. The molecule has 2 aromatic rings. The molecule has 26 heavy (non-hydrogen) atoms. The monoisotopic (exact) mass is 358 g/mol. The fraction of sp³-hybridized carbons (Fsp3) is 0.158. The van der Waals surface area contributed by atoms with Crippen LogP contribution in [0.3, 0.4) is 0 Å². The molecule has 1 heterocycles. The smallest absolute Gasteiger partial charge is 0.277 e. The van der Waals surface area contributed by atoms with Gasteiger partial charge in [0.05, 0.1) is 13.7 Å². The van der Waals surface area contributed by atoms with Crippen LogP contribution in [0.2, 0.25) is 0 Å². The minimum atomic E-state index is -0.740. The first-order valence-corrected chi connectivity index (χ1v) is 7.82. The highest BCUT2D eigenvalue weighted by Crippen LogP contribution is 2.25. The van der Waals surface area contributed by atoms with Crippen molar-refractivity contribution in [2.75, 3.05) is 12.4 Å². The van der Waals surface area contributed by atoms with Gasteiger partial charge in [0.1, 0.15) is 23.1 Å². The number of halogens is 2. The highest BCUT2D eigenvalue weighted by Gasteiger charge is 2.32. The molecule has 1 aliphatic rings. The summed E-state index contributed by atoms with van der Waals surface area (Å²) in [6.45, 7) is 1.34. The standard InChI is InChI=1S/C19H16F2N2O3/c1-11-14(20)7-13(8-15(11)21)22-16-9-18(24)23(19(16)25)10-12-5-3-4-6-17(12)26-2/h3-9,22H,10H2,1-2H3. The third kappa shape index (κ3) is 3.28. The Labute approximate surface area is 148 Å². The number of imide groups is 1. The zero-order chi connectivity index (χ0) is 18.8. The molecule has 0 aromatic heterocycles. The molecule has 5 nitrogen and oxygen atoms in total. The number of methoxy groups -OCH3 is 1. The summed E-state index contributed by atoms with van der Waals surface area (Å²) >= 11 is 0. The molecule has 0 bridgehead atoms. The zero-order valence-electron chi connectivity index (χ0n) is 14.2. The van der Waals surface area contributed by atoms with Crippen LogP contribution in [-0.4, -0.2) is 23.8 Å². The normalized spacial score (nSPS) is 13.8. The molecule has 134 valence electrons. The highest BCUT2D eigenvalue weighted by molar-refractivity contribution is 6.17. The second-order valence-corrected chi connectivity index (χ2v) is 5.79. The van der Waals surface area contributed by atoms with Crippen LogP contribution in [0, 0.1) is 18.6 Å². The Balaban J connectivity index is 1.79. The van der Waals surface area contributed by atoms with Crippen LogP contribution < -0.4 is 10.1 Å². The van der Waals surface area contributed by atoms with Crippen molar-refractivity contribution < 1.29 is 23.1 Å². The highest BCUT2D eigenvalue weighted by atomic mass is 19.1. The van der Waals surface area contributed by atoms with E-state index in [1.165, 1.54) is 14.0 Å². The van der Waals surface area contributed by atoms with Gasteiger partial charge in [-0.15, -0.1) is 0 Å². The van der Waals surface area contributed by atoms with Crippen molar-refractivity contribution in [2.45, 2.75) is 13.5 Å². The molecule has 0 saturated carbocycles. The van der Waals surface area contributed by atoms with Crippen LogP contribution in [0.5, 0.6) is 5.75 Å². The number of ether oxygens (including phenoxy) is 1. The summed E-state index contributed by atoms with van der Waals surface area (Å²) in [5.74, 6) is -2.03. The van der Waals surface area contributed by atoms with Crippen molar-refractivity contribution >= 4 is 17.5 Å². The van der Waals surface area contributed by atoms with Gasteiger partial charge >= 0.3 is 0 Å². The van der Waals surface area contributed by atoms with Crippen molar-refractivity contribution in [2.24, 2.45) is 0 Å². The van der Waals surface area contributed by atoms with E-state index in [0.717, 1.165) is 23.1 Å². The first-order valence-electron chi connectivity index (χ1n) is 7.82. The number of amides is 2. The van der Waals surface area contributed by atoms with E-state index < -0.39 is 23.4 Å². The molecule has 0 unspecified atom stereocenters. The summed E-state index contributed by atoms with van der Waals surface area (Å²) in [5, 5.41) is 2.61.